The van der Waals surface area contributed by atoms with E-state index in [1.807, 2.05) is 41.8 Å². The maximum absolute atomic E-state index is 11.7. The Hall–Kier alpha value is -2.14. The number of benzene rings is 1. The Morgan fingerprint density at radius 3 is 2.95 bits per heavy atom. The third-order valence-electron chi connectivity index (χ3n) is 2.83. The Morgan fingerprint density at radius 1 is 1.38 bits per heavy atom. The van der Waals surface area contributed by atoms with Gasteiger partial charge in [-0.2, -0.15) is 0 Å². The van der Waals surface area contributed by atoms with E-state index in [0.29, 0.717) is 5.92 Å². The van der Waals surface area contributed by atoms with Gasteiger partial charge in [0, 0.05) is 10.6 Å². The molecule has 0 radical (unpaired) electrons. The lowest BCUT2D eigenvalue weighted by Gasteiger charge is -2.09. The van der Waals surface area contributed by atoms with E-state index in [1.54, 1.807) is 17.6 Å². The van der Waals surface area contributed by atoms with Crippen LogP contribution in [0.4, 0.5) is 5.69 Å². The summed E-state index contributed by atoms with van der Waals surface area (Å²) in [7, 11) is 0. The Balaban J connectivity index is 1.80. The van der Waals surface area contributed by atoms with Crippen molar-refractivity contribution in [2.75, 3.05) is 11.9 Å². The molecular weight excluding hydrogens is 284 g/mol. The lowest BCUT2D eigenvalue weighted by Crippen LogP contribution is -2.17. The molecule has 0 unspecified atom stereocenters. The van der Waals surface area contributed by atoms with Crippen molar-refractivity contribution < 1.29 is 9.63 Å². The second kappa shape index (κ2) is 7.59. The predicted octanol–water partition coefficient (Wildman–Crippen LogP) is 3.86. The highest BCUT2D eigenvalue weighted by Gasteiger charge is 2.04. The molecule has 2 aromatic rings. The molecular formula is C16H18N2O2S. The molecule has 0 fully saturated rings. The fourth-order valence-electron chi connectivity index (χ4n) is 1.72. The number of thiophene rings is 1. The summed E-state index contributed by atoms with van der Waals surface area (Å²) in [6, 6.07) is 11.7. The van der Waals surface area contributed by atoms with Crippen LogP contribution in [0.3, 0.4) is 0 Å². The van der Waals surface area contributed by atoms with Gasteiger partial charge in [0.15, 0.2) is 6.61 Å². The molecule has 1 aromatic heterocycles. The van der Waals surface area contributed by atoms with Gasteiger partial charge in [0.25, 0.3) is 5.91 Å². The van der Waals surface area contributed by atoms with E-state index in [0.717, 1.165) is 10.6 Å². The number of hydrogen-bond acceptors (Lipinski definition) is 4. The van der Waals surface area contributed by atoms with Crippen molar-refractivity contribution in [3.8, 4) is 0 Å². The van der Waals surface area contributed by atoms with Crippen LogP contribution in [0, 0.1) is 0 Å². The number of anilines is 1. The van der Waals surface area contributed by atoms with Crippen molar-refractivity contribution in [1.29, 1.82) is 0 Å². The van der Waals surface area contributed by atoms with Gasteiger partial charge in [0.2, 0.25) is 0 Å². The van der Waals surface area contributed by atoms with Crippen LogP contribution < -0.4 is 5.32 Å². The summed E-state index contributed by atoms with van der Waals surface area (Å²) in [5.74, 6) is 0.202. The molecule has 0 saturated heterocycles. The smallest absolute Gasteiger partial charge is 0.265 e. The minimum Gasteiger partial charge on any atom is -0.386 e. The first-order valence-electron chi connectivity index (χ1n) is 6.74. The Labute approximate surface area is 128 Å². The molecule has 21 heavy (non-hydrogen) atoms. The molecule has 1 N–H and O–H groups in total. The average Bonchev–Trinajstić information content (AvgIpc) is 2.97. The van der Waals surface area contributed by atoms with Gasteiger partial charge in [-0.15, -0.1) is 11.3 Å². The Morgan fingerprint density at radius 2 is 2.24 bits per heavy atom. The molecule has 4 nitrogen and oxygen atoms in total. The van der Waals surface area contributed by atoms with Crippen molar-refractivity contribution in [1.82, 2.24) is 0 Å². The van der Waals surface area contributed by atoms with Crippen LogP contribution in [-0.2, 0) is 9.63 Å². The van der Waals surface area contributed by atoms with Gasteiger partial charge in [-0.1, -0.05) is 37.2 Å². The SMILES string of the molecule is CC(C)c1cccc(NC(=O)CO/N=C/c2cccs2)c1. The van der Waals surface area contributed by atoms with E-state index in [-0.39, 0.29) is 12.5 Å². The predicted molar refractivity (Wildman–Crippen MR) is 87.0 cm³/mol. The monoisotopic (exact) mass is 302 g/mol. The molecule has 0 bridgehead atoms. The van der Waals surface area contributed by atoms with Crippen LogP contribution in [0.5, 0.6) is 0 Å². The van der Waals surface area contributed by atoms with Crippen LogP contribution in [0.1, 0.15) is 30.2 Å². The molecule has 1 aromatic carbocycles. The van der Waals surface area contributed by atoms with Gasteiger partial charge < -0.3 is 10.2 Å². The summed E-state index contributed by atoms with van der Waals surface area (Å²) in [6.45, 7) is 4.13. The van der Waals surface area contributed by atoms with Gasteiger partial charge in [-0.05, 0) is 35.1 Å². The lowest BCUT2D eigenvalue weighted by atomic mass is 10.0. The van der Waals surface area contributed by atoms with Crippen LogP contribution in [0.25, 0.3) is 0 Å². The largest absolute Gasteiger partial charge is 0.386 e. The van der Waals surface area contributed by atoms with Gasteiger partial charge in [0.1, 0.15) is 0 Å². The number of hydrogen-bond donors (Lipinski definition) is 1. The van der Waals surface area contributed by atoms with E-state index in [9.17, 15) is 4.79 Å². The molecule has 5 heteroatoms. The quantitative estimate of drug-likeness (QED) is 0.650. The molecule has 0 saturated carbocycles. The van der Waals surface area contributed by atoms with Crippen molar-refractivity contribution in [2.45, 2.75) is 19.8 Å². The summed E-state index contributed by atoms with van der Waals surface area (Å²) >= 11 is 1.56. The normalized spacial score (nSPS) is 11.0. The number of rotatable bonds is 6. The van der Waals surface area contributed by atoms with Crippen molar-refractivity contribution in [3.05, 3.63) is 52.2 Å². The first kappa shape index (κ1) is 15.3. The van der Waals surface area contributed by atoms with Gasteiger partial charge in [0.05, 0.1) is 6.21 Å². The standard InChI is InChI=1S/C16H18N2O2S/c1-12(2)13-5-3-6-14(9-13)18-16(19)11-20-17-10-15-7-4-8-21-15/h3-10,12H,11H2,1-2H3,(H,18,19)/b17-10+. The fraction of sp³-hybridized carbons (Fsp3) is 0.250. The second-order valence-electron chi connectivity index (χ2n) is 4.85. The van der Waals surface area contributed by atoms with Gasteiger partial charge in [-0.3, -0.25) is 4.79 Å². The Kier molecular flexibility index (Phi) is 5.51. The van der Waals surface area contributed by atoms with Crippen LogP contribution in [0.2, 0.25) is 0 Å². The lowest BCUT2D eigenvalue weighted by molar-refractivity contribution is -0.120. The summed E-state index contributed by atoms with van der Waals surface area (Å²) in [5.41, 5.74) is 1.96. The fourth-order valence-corrected chi connectivity index (χ4v) is 2.30. The average molecular weight is 302 g/mol. The van der Waals surface area contributed by atoms with E-state index in [1.165, 1.54) is 5.56 Å². The van der Waals surface area contributed by atoms with E-state index < -0.39 is 0 Å². The molecule has 0 aliphatic heterocycles. The summed E-state index contributed by atoms with van der Waals surface area (Å²) < 4.78 is 0. The molecule has 0 atom stereocenters. The molecule has 0 spiro atoms. The number of carbonyl (C=O) groups is 1. The highest BCUT2D eigenvalue weighted by molar-refractivity contribution is 7.11. The molecule has 1 amide bonds. The number of oxime groups is 1. The first-order chi connectivity index (χ1) is 10.1. The number of nitrogens with one attached hydrogen (secondary N) is 1. The van der Waals surface area contributed by atoms with E-state index in [2.05, 4.69) is 24.3 Å². The summed E-state index contributed by atoms with van der Waals surface area (Å²) in [5, 5.41) is 8.52. The molecule has 2 rings (SSSR count). The van der Waals surface area contributed by atoms with E-state index in [4.69, 9.17) is 4.84 Å². The van der Waals surface area contributed by atoms with Crippen LogP contribution in [-0.4, -0.2) is 18.7 Å². The van der Waals surface area contributed by atoms with E-state index >= 15 is 0 Å². The number of carbonyl (C=O) groups excluding carboxylic acids is 1. The second-order valence-corrected chi connectivity index (χ2v) is 5.83. The zero-order chi connectivity index (χ0) is 15.1. The highest BCUT2D eigenvalue weighted by atomic mass is 32.1. The van der Waals surface area contributed by atoms with Crippen LogP contribution >= 0.6 is 11.3 Å². The first-order valence-corrected chi connectivity index (χ1v) is 7.62. The molecule has 0 aliphatic carbocycles. The number of amides is 1. The molecule has 1 heterocycles. The molecule has 0 aliphatic rings. The third-order valence-corrected chi connectivity index (χ3v) is 3.64. The Bertz CT molecular complexity index is 606. The number of nitrogens with zero attached hydrogens (tertiary/aromatic N) is 1. The zero-order valence-corrected chi connectivity index (χ0v) is 12.9. The van der Waals surface area contributed by atoms with Crippen LogP contribution in [0.15, 0.2) is 46.9 Å². The third kappa shape index (κ3) is 5.04. The summed E-state index contributed by atoms with van der Waals surface area (Å²) in [4.78, 5) is 17.7. The van der Waals surface area contributed by atoms with Crippen molar-refractivity contribution in [3.63, 3.8) is 0 Å². The highest BCUT2D eigenvalue weighted by Crippen LogP contribution is 2.18. The zero-order valence-electron chi connectivity index (χ0n) is 12.1. The maximum Gasteiger partial charge on any atom is 0.265 e. The minimum absolute atomic E-state index is 0.103. The van der Waals surface area contributed by atoms with Gasteiger partial charge in [-0.25, -0.2) is 0 Å². The summed E-state index contributed by atoms with van der Waals surface area (Å²) in [6.07, 6.45) is 1.59. The van der Waals surface area contributed by atoms with Crippen molar-refractivity contribution >= 4 is 29.1 Å². The molecule has 110 valence electrons. The topological polar surface area (TPSA) is 50.7 Å². The maximum atomic E-state index is 11.7. The van der Waals surface area contributed by atoms with Crippen molar-refractivity contribution in [2.24, 2.45) is 5.16 Å². The minimum atomic E-state index is -0.223. The van der Waals surface area contributed by atoms with Gasteiger partial charge >= 0.3 is 0 Å².